The molecule has 0 aromatic rings. The molecule has 14 heteroatoms. The zero-order valence-electron chi connectivity index (χ0n) is 57.6. The van der Waals surface area contributed by atoms with Crippen LogP contribution in [0, 0.1) is 0 Å². The number of rotatable bonds is 63. The average Bonchev–Trinajstić information content (AvgIpc) is 1.28. The first-order chi connectivity index (χ1) is 44.1. The predicted octanol–water partition coefficient (Wildman–Crippen LogP) is 16.2. The molecule has 1 amide bonds. The van der Waals surface area contributed by atoms with Gasteiger partial charge in [0.2, 0.25) is 5.91 Å². The number of nitrogens with one attached hydrogen (secondary N) is 1. The maximum absolute atomic E-state index is 13.3. The number of carbonyl (C=O) groups is 1. The average molecular weight is 1280 g/mol. The number of aliphatic hydroxyl groups excluding tert-OH is 8. The standard InChI is InChI=1S/C76H141NO13/c1-3-5-7-9-11-13-15-17-19-21-23-25-26-27-28-29-30-31-32-33-34-35-36-37-38-40-42-44-46-48-50-52-54-56-58-60-68(81)77-64(65(80)59-57-55-53-51-49-47-45-43-41-39-24-22-20-18-16-14-12-10-8-6-4-2)63-87-75-73(86)71(84)74(67(62-79)89-75)90-76-72(85)70(83)69(82)66(61-78)88-76/h15,17,21,23,49,51,57,59,64-67,69-76,78-80,82-86H,3-14,16,18-20,22,24-48,50,52-56,58,60-63H2,1-2H3,(H,77,81)/b17-15-,23-21-,51-49+,59-57+. The molecule has 2 heterocycles. The van der Waals surface area contributed by atoms with Crippen molar-refractivity contribution in [2.45, 2.75) is 408 Å². The Bertz CT molecular complexity index is 1690. The van der Waals surface area contributed by atoms with Crippen molar-refractivity contribution in [3.05, 3.63) is 48.6 Å². The van der Waals surface area contributed by atoms with Crippen LogP contribution in [0.4, 0.5) is 0 Å². The monoisotopic (exact) mass is 1280 g/mol. The minimum Gasteiger partial charge on any atom is -0.394 e. The molecular formula is C76H141NO13. The van der Waals surface area contributed by atoms with Gasteiger partial charge in [-0.05, 0) is 64.2 Å². The van der Waals surface area contributed by atoms with Gasteiger partial charge in [0.05, 0.1) is 32.0 Å². The lowest BCUT2D eigenvalue weighted by Crippen LogP contribution is -2.65. The van der Waals surface area contributed by atoms with E-state index in [1.807, 2.05) is 6.08 Å². The second-order valence-electron chi connectivity index (χ2n) is 26.8. The molecule has 2 fully saturated rings. The van der Waals surface area contributed by atoms with Crippen molar-refractivity contribution in [2.75, 3.05) is 19.8 Å². The summed E-state index contributed by atoms with van der Waals surface area (Å²) in [7, 11) is 0. The molecule has 2 saturated heterocycles. The molecule has 0 aromatic carbocycles. The summed E-state index contributed by atoms with van der Waals surface area (Å²) >= 11 is 0. The van der Waals surface area contributed by atoms with Crippen LogP contribution in [0.15, 0.2) is 48.6 Å². The Morgan fingerprint density at radius 2 is 0.744 bits per heavy atom. The smallest absolute Gasteiger partial charge is 0.220 e. The van der Waals surface area contributed by atoms with Crippen LogP contribution in [-0.4, -0.2) is 140 Å². The fourth-order valence-electron chi connectivity index (χ4n) is 12.5. The highest BCUT2D eigenvalue weighted by Crippen LogP contribution is 2.30. The van der Waals surface area contributed by atoms with Crippen LogP contribution in [-0.2, 0) is 23.7 Å². The Morgan fingerprint density at radius 1 is 0.400 bits per heavy atom. The minimum atomic E-state index is -1.79. The van der Waals surface area contributed by atoms with Crippen molar-refractivity contribution in [1.82, 2.24) is 5.32 Å². The van der Waals surface area contributed by atoms with Gasteiger partial charge >= 0.3 is 0 Å². The largest absolute Gasteiger partial charge is 0.394 e. The zero-order chi connectivity index (χ0) is 65.2. The number of hydrogen-bond donors (Lipinski definition) is 9. The van der Waals surface area contributed by atoms with E-state index in [-0.39, 0.29) is 18.9 Å². The summed E-state index contributed by atoms with van der Waals surface area (Å²) < 4.78 is 22.9. The van der Waals surface area contributed by atoms with Crippen molar-refractivity contribution >= 4 is 5.91 Å². The molecule has 9 N–H and O–H groups in total. The van der Waals surface area contributed by atoms with Crippen LogP contribution in [0.3, 0.4) is 0 Å². The summed E-state index contributed by atoms with van der Waals surface area (Å²) in [6.07, 6.45) is 63.3. The van der Waals surface area contributed by atoms with E-state index in [2.05, 4.69) is 55.6 Å². The summed E-state index contributed by atoms with van der Waals surface area (Å²) in [5.41, 5.74) is 0. The molecule has 12 unspecified atom stereocenters. The second kappa shape index (κ2) is 60.6. The highest BCUT2D eigenvalue weighted by Gasteiger charge is 2.51. The SMILES string of the molecule is CCCCCCC/C=C\C/C=C\CCCCCCCCCCCCCCCCCCCCCCCCCC(=O)NC(COC1OC(CO)C(OC2OC(CO)C(O)C(O)C2O)C(O)C1O)C(O)/C=C/CC/C=C/CCCCCCCCCCCCCCCCC. The Hall–Kier alpha value is -2.05. The van der Waals surface area contributed by atoms with Gasteiger partial charge in [-0.2, -0.15) is 0 Å². The summed E-state index contributed by atoms with van der Waals surface area (Å²) in [5.74, 6) is -0.243. The first kappa shape index (κ1) is 84.0. The molecule has 0 radical (unpaired) electrons. The van der Waals surface area contributed by atoms with Crippen LogP contribution in [0.25, 0.3) is 0 Å². The quantitative estimate of drug-likeness (QED) is 0.0204. The number of hydrogen-bond acceptors (Lipinski definition) is 13. The van der Waals surface area contributed by atoms with E-state index in [0.717, 1.165) is 38.5 Å². The van der Waals surface area contributed by atoms with Gasteiger partial charge < -0.3 is 65.1 Å². The molecule has 14 nitrogen and oxygen atoms in total. The molecular weight excluding hydrogens is 1130 g/mol. The van der Waals surface area contributed by atoms with Crippen molar-refractivity contribution in [1.29, 1.82) is 0 Å². The number of allylic oxidation sites excluding steroid dienone is 7. The first-order valence-electron chi connectivity index (χ1n) is 37.9. The molecule has 0 spiro atoms. The summed E-state index contributed by atoms with van der Waals surface area (Å²) in [5, 5.41) is 87.5. The van der Waals surface area contributed by atoms with Gasteiger partial charge in [-0.15, -0.1) is 0 Å². The number of ether oxygens (including phenoxy) is 4. The van der Waals surface area contributed by atoms with E-state index < -0.39 is 86.8 Å². The van der Waals surface area contributed by atoms with Crippen molar-refractivity contribution in [2.24, 2.45) is 0 Å². The van der Waals surface area contributed by atoms with Gasteiger partial charge in [-0.25, -0.2) is 0 Å². The lowest BCUT2D eigenvalue weighted by molar-refractivity contribution is -0.359. The number of unbranched alkanes of at least 4 members (excludes halogenated alkanes) is 44. The molecule has 0 bridgehead atoms. The molecule has 2 rings (SSSR count). The van der Waals surface area contributed by atoms with E-state index in [9.17, 15) is 45.6 Å². The van der Waals surface area contributed by atoms with Gasteiger partial charge in [0.15, 0.2) is 12.6 Å². The molecule has 0 aromatic heterocycles. The Balaban J connectivity index is 1.62. The van der Waals surface area contributed by atoms with Crippen LogP contribution in [0.1, 0.15) is 335 Å². The highest BCUT2D eigenvalue weighted by atomic mass is 16.7. The van der Waals surface area contributed by atoms with Crippen molar-refractivity contribution in [3.8, 4) is 0 Å². The Labute approximate surface area is 550 Å². The van der Waals surface area contributed by atoms with Crippen molar-refractivity contribution in [3.63, 3.8) is 0 Å². The number of amides is 1. The predicted molar refractivity (Wildman–Crippen MR) is 369 cm³/mol. The molecule has 12 atom stereocenters. The van der Waals surface area contributed by atoms with Crippen molar-refractivity contribution < 1.29 is 64.6 Å². The van der Waals surface area contributed by atoms with Gasteiger partial charge in [0, 0.05) is 6.42 Å². The summed E-state index contributed by atoms with van der Waals surface area (Å²) in [6, 6.07) is -0.932. The van der Waals surface area contributed by atoms with E-state index in [0.29, 0.717) is 12.8 Å². The lowest BCUT2D eigenvalue weighted by atomic mass is 9.97. The molecule has 0 saturated carbocycles. The van der Waals surface area contributed by atoms with Gasteiger partial charge in [0.25, 0.3) is 0 Å². The van der Waals surface area contributed by atoms with Gasteiger partial charge in [-0.1, -0.05) is 313 Å². The van der Waals surface area contributed by atoms with Crippen LogP contribution in [0.2, 0.25) is 0 Å². The van der Waals surface area contributed by atoms with Crippen LogP contribution >= 0.6 is 0 Å². The number of carbonyl (C=O) groups excluding carboxylic acids is 1. The van der Waals surface area contributed by atoms with Crippen LogP contribution in [0.5, 0.6) is 0 Å². The molecule has 2 aliphatic rings. The van der Waals surface area contributed by atoms with E-state index in [1.54, 1.807) is 6.08 Å². The third-order valence-corrected chi connectivity index (χ3v) is 18.5. The molecule has 2 aliphatic heterocycles. The maximum Gasteiger partial charge on any atom is 0.220 e. The Morgan fingerprint density at radius 3 is 1.16 bits per heavy atom. The van der Waals surface area contributed by atoms with E-state index in [1.165, 1.54) is 263 Å². The fourth-order valence-corrected chi connectivity index (χ4v) is 12.5. The molecule has 0 aliphatic carbocycles. The molecule has 90 heavy (non-hydrogen) atoms. The fraction of sp³-hybridized carbons (Fsp3) is 0.882. The topological polar surface area (TPSA) is 228 Å². The van der Waals surface area contributed by atoms with Gasteiger partial charge in [0.1, 0.15) is 48.8 Å². The Kier molecular flexibility index (Phi) is 56.6. The first-order valence-corrected chi connectivity index (χ1v) is 37.9. The summed E-state index contributed by atoms with van der Waals surface area (Å²) in [6.45, 7) is 2.82. The normalized spacial score (nSPS) is 23.1. The highest BCUT2D eigenvalue weighted by molar-refractivity contribution is 5.76. The lowest BCUT2D eigenvalue weighted by Gasteiger charge is -2.46. The zero-order valence-corrected chi connectivity index (χ0v) is 57.6. The third kappa shape index (κ3) is 43.8. The van der Waals surface area contributed by atoms with Gasteiger partial charge in [-0.3, -0.25) is 4.79 Å². The summed E-state index contributed by atoms with van der Waals surface area (Å²) in [4.78, 5) is 13.3. The second-order valence-corrected chi connectivity index (χ2v) is 26.8. The number of aliphatic hydroxyl groups is 8. The maximum atomic E-state index is 13.3. The van der Waals surface area contributed by atoms with Crippen LogP contribution < -0.4 is 5.32 Å². The molecule has 528 valence electrons. The minimum absolute atomic E-state index is 0.243. The third-order valence-electron chi connectivity index (χ3n) is 18.5. The van der Waals surface area contributed by atoms with E-state index >= 15 is 0 Å². The van der Waals surface area contributed by atoms with E-state index in [4.69, 9.17) is 18.9 Å².